The third-order valence-corrected chi connectivity index (χ3v) is 5.60. The highest BCUT2D eigenvalue weighted by Gasteiger charge is 2.32. The van der Waals surface area contributed by atoms with E-state index in [1.807, 2.05) is 6.07 Å². The number of aryl methyl sites for hydroxylation is 2. The van der Waals surface area contributed by atoms with E-state index in [-0.39, 0.29) is 24.9 Å². The molecule has 0 spiro atoms. The molecule has 3 aromatic rings. The van der Waals surface area contributed by atoms with Gasteiger partial charge in [0.15, 0.2) is 0 Å². The van der Waals surface area contributed by atoms with Crippen molar-refractivity contribution in [3.05, 3.63) is 101 Å². The number of benzene rings is 2. The number of halogens is 4. The number of rotatable bonds is 10. The van der Waals surface area contributed by atoms with Gasteiger partial charge in [0.25, 0.3) is 0 Å². The summed E-state index contributed by atoms with van der Waals surface area (Å²) in [6.45, 7) is 1.51. The van der Waals surface area contributed by atoms with Gasteiger partial charge in [-0.15, -0.1) is 0 Å². The van der Waals surface area contributed by atoms with Crippen molar-refractivity contribution in [2.45, 2.75) is 38.0 Å². The summed E-state index contributed by atoms with van der Waals surface area (Å²) < 4.78 is 52.4. The Morgan fingerprint density at radius 1 is 1.06 bits per heavy atom. The molecule has 186 valence electrons. The Bertz CT molecular complexity index is 1110. The Morgan fingerprint density at radius 3 is 2.40 bits per heavy atom. The van der Waals surface area contributed by atoms with Crippen LogP contribution in [0.25, 0.3) is 0 Å². The molecule has 5 nitrogen and oxygen atoms in total. The van der Waals surface area contributed by atoms with Gasteiger partial charge in [0.1, 0.15) is 17.6 Å². The highest BCUT2D eigenvalue weighted by atomic mass is 19.4. The van der Waals surface area contributed by atoms with Gasteiger partial charge in [0, 0.05) is 18.8 Å². The van der Waals surface area contributed by atoms with Crippen molar-refractivity contribution in [1.82, 2.24) is 15.6 Å². The molecule has 2 atom stereocenters. The van der Waals surface area contributed by atoms with Gasteiger partial charge < -0.3 is 10.4 Å². The lowest BCUT2D eigenvalue weighted by Gasteiger charge is -2.26. The van der Waals surface area contributed by atoms with E-state index in [1.165, 1.54) is 18.3 Å². The highest BCUT2D eigenvalue weighted by molar-refractivity contribution is 5.83. The lowest BCUT2D eigenvalue weighted by molar-refractivity contribution is -0.141. The molecule has 0 saturated heterocycles. The summed E-state index contributed by atoms with van der Waals surface area (Å²) in [5, 5.41) is 15.1. The van der Waals surface area contributed by atoms with Crippen LogP contribution in [-0.2, 0) is 17.4 Å². The number of aromatic nitrogens is 1. The maximum absolute atomic E-state index is 13.9. The Kier molecular flexibility index (Phi) is 8.95. The number of hydrogen-bond acceptors (Lipinski definition) is 4. The zero-order valence-electron chi connectivity index (χ0n) is 19.1. The molecule has 9 heteroatoms. The van der Waals surface area contributed by atoms with Crippen molar-refractivity contribution in [2.24, 2.45) is 0 Å². The molecule has 3 rings (SSSR count). The molecular formula is C26H27F4N3O2. The number of alkyl halides is 3. The van der Waals surface area contributed by atoms with Gasteiger partial charge in [-0.05, 0) is 54.2 Å². The summed E-state index contributed by atoms with van der Waals surface area (Å²) in [6, 6.07) is 14.8. The number of carbonyl (C=O) groups excluding carboxylic acids is 1. The fraction of sp³-hybridized carbons (Fsp3) is 0.308. The number of pyridine rings is 1. The fourth-order valence-corrected chi connectivity index (χ4v) is 3.73. The van der Waals surface area contributed by atoms with Crippen LogP contribution in [0.15, 0.2) is 66.9 Å². The van der Waals surface area contributed by atoms with E-state index in [1.54, 1.807) is 43.3 Å². The Hall–Kier alpha value is -3.30. The third-order valence-electron chi connectivity index (χ3n) is 5.60. The monoisotopic (exact) mass is 489 g/mol. The molecule has 0 radical (unpaired) electrons. The first-order valence-corrected chi connectivity index (χ1v) is 11.2. The molecule has 1 amide bonds. The smallest absolute Gasteiger partial charge is 0.395 e. The molecule has 0 unspecified atom stereocenters. The van der Waals surface area contributed by atoms with Crippen LogP contribution >= 0.6 is 0 Å². The molecular weight excluding hydrogens is 462 g/mol. The number of carbonyl (C=O) groups is 1. The normalized spacial score (nSPS) is 13.3. The van der Waals surface area contributed by atoms with Crippen molar-refractivity contribution >= 4 is 5.91 Å². The molecule has 0 fully saturated rings. The van der Waals surface area contributed by atoms with Crippen LogP contribution in [0.4, 0.5) is 17.6 Å². The zero-order chi connectivity index (χ0) is 25.4. The second-order valence-electron chi connectivity index (χ2n) is 8.17. The minimum Gasteiger partial charge on any atom is -0.395 e. The van der Waals surface area contributed by atoms with Crippen LogP contribution in [0.1, 0.15) is 46.5 Å². The van der Waals surface area contributed by atoms with Crippen LogP contribution in [0.5, 0.6) is 0 Å². The SMILES string of the molecule is Cc1cc([C@H](CCc2ccc(C(F)(F)F)nc2)N[C@@H](C(=O)NCCO)c2ccccc2)ccc1F. The standard InChI is InChI=1S/C26H27F4N3O2/c1-17-15-20(9-10-21(17)27)22(11-7-18-8-12-23(32-16-18)26(28,29)30)33-24(25(35)31-13-14-34)19-5-3-2-4-6-19/h2-6,8-10,12,15-16,22,24,33-34H,7,11,13-14H2,1H3,(H,31,35)/t22-,24+/m0/s1. The fourth-order valence-electron chi connectivity index (χ4n) is 3.73. The lowest BCUT2D eigenvalue weighted by Crippen LogP contribution is -2.40. The first-order chi connectivity index (χ1) is 16.7. The second kappa shape index (κ2) is 11.9. The molecule has 1 heterocycles. The zero-order valence-corrected chi connectivity index (χ0v) is 19.1. The first kappa shape index (κ1) is 26.3. The van der Waals surface area contributed by atoms with Crippen LogP contribution in [0.3, 0.4) is 0 Å². The summed E-state index contributed by atoms with van der Waals surface area (Å²) >= 11 is 0. The van der Waals surface area contributed by atoms with Crippen LogP contribution in [0, 0.1) is 12.7 Å². The summed E-state index contributed by atoms with van der Waals surface area (Å²) in [6.07, 6.45) is -2.54. The van der Waals surface area contributed by atoms with Gasteiger partial charge in [0.2, 0.25) is 5.91 Å². The van der Waals surface area contributed by atoms with E-state index in [0.717, 1.165) is 11.6 Å². The number of nitrogens with zero attached hydrogens (tertiary/aromatic N) is 1. The van der Waals surface area contributed by atoms with Gasteiger partial charge >= 0.3 is 6.18 Å². The average molecular weight is 490 g/mol. The van der Waals surface area contributed by atoms with Crippen molar-refractivity contribution in [1.29, 1.82) is 0 Å². The Morgan fingerprint density at radius 2 is 1.80 bits per heavy atom. The Balaban J connectivity index is 1.88. The molecule has 0 saturated carbocycles. The predicted octanol–water partition coefficient (Wildman–Crippen LogP) is 4.66. The summed E-state index contributed by atoms with van der Waals surface area (Å²) in [5.41, 5.74) is 1.51. The topological polar surface area (TPSA) is 74.2 Å². The van der Waals surface area contributed by atoms with E-state index in [4.69, 9.17) is 5.11 Å². The van der Waals surface area contributed by atoms with E-state index in [9.17, 15) is 22.4 Å². The Labute approximate surface area is 201 Å². The van der Waals surface area contributed by atoms with Crippen LogP contribution in [0.2, 0.25) is 0 Å². The largest absolute Gasteiger partial charge is 0.433 e. The van der Waals surface area contributed by atoms with E-state index in [2.05, 4.69) is 15.6 Å². The summed E-state index contributed by atoms with van der Waals surface area (Å²) in [4.78, 5) is 16.4. The second-order valence-corrected chi connectivity index (χ2v) is 8.17. The van der Waals surface area contributed by atoms with Crippen molar-refractivity contribution in [3.63, 3.8) is 0 Å². The van der Waals surface area contributed by atoms with Crippen molar-refractivity contribution in [2.75, 3.05) is 13.2 Å². The molecule has 0 bridgehead atoms. The molecule has 35 heavy (non-hydrogen) atoms. The molecule has 3 N–H and O–H groups in total. The van der Waals surface area contributed by atoms with Gasteiger partial charge in [-0.3, -0.25) is 15.1 Å². The van der Waals surface area contributed by atoms with Gasteiger partial charge in [-0.1, -0.05) is 48.5 Å². The minimum atomic E-state index is -4.51. The van der Waals surface area contributed by atoms with Crippen LogP contribution < -0.4 is 10.6 Å². The van der Waals surface area contributed by atoms with E-state index in [0.29, 0.717) is 29.5 Å². The van der Waals surface area contributed by atoms with E-state index >= 15 is 0 Å². The van der Waals surface area contributed by atoms with Gasteiger partial charge in [0.05, 0.1) is 6.61 Å². The average Bonchev–Trinajstić information content (AvgIpc) is 2.84. The number of amides is 1. The van der Waals surface area contributed by atoms with Crippen molar-refractivity contribution in [3.8, 4) is 0 Å². The maximum Gasteiger partial charge on any atom is 0.433 e. The molecule has 0 aliphatic rings. The third kappa shape index (κ3) is 7.34. The first-order valence-electron chi connectivity index (χ1n) is 11.2. The number of aliphatic hydroxyl groups excluding tert-OH is 1. The number of aliphatic hydroxyl groups is 1. The molecule has 2 aromatic carbocycles. The molecule has 0 aliphatic carbocycles. The quantitative estimate of drug-likeness (QED) is 0.362. The predicted molar refractivity (Wildman–Crippen MR) is 124 cm³/mol. The number of nitrogens with one attached hydrogen (secondary N) is 2. The minimum absolute atomic E-state index is 0.0847. The van der Waals surface area contributed by atoms with Gasteiger partial charge in [-0.2, -0.15) is 13.2 Å². The molecule has 1 aromatic heterocycles. The van der Waals surface area contributed by atoms with Gasteiger partial charge in [-0.25, -0.2) is 4.39 Å². The molecule has 0 aliphatic heterocycles. The highest BCUT2D eigenvalue weighted by Crippen LogP contribution is 2.29. The number of hydrogen-bond donors (Lipinski definition) is 3. The van der Waals surface area contributed by atoms with Crippen molar-refractivity contribution < 1.29 is 27.5 Å². The summed E-state index contributed by atoms with van der Waals surface area (Å²) in [7, 11) is 0. The van der Waals surface area contributed by atoms with Crippen LogP contribution in [-0.4, -0.2) is 29.1 Å². The lowest BCUT2D eigenvalue weighted by atomic mass is 9.95. The van der Waals surface area contributed by atoms with E-state index < -0.39 is 24.0 Å². The summed E-state index contributed by atoms with van der Waals surface area (Å²) in [5.74, 6) is -0.704. The maximum atomic E-state index is 13.9.